The van der Waals surface area contributed by atoms with Crippen LogP contribution < -0.4 is 0 Å². The summed E-state index contributed by atoms with van der Waals surface area (Å²) in [6, 6.07) is 26.9. The average molecular weight is 404 g/mol. The van der Waals surface area contributed by atoms with E-state index in [2.05, 4.69) is 89.7 Å². The molecule has 0 atom stereocenters. The van der Waals surface area contributed by atoms with Crippen molar-refractivity contribution in [3.8, 4) is 0 Å². The topological polar surface area (TPSA) is 36.4 Å². The van der Waals surface area contributed by atoms with Gasteiger partial charge in [-0.05, 0) is 94.5 Å². The number of benzene rings is 7. The molecule has 0 aromatic heterocycles. The molecule has 0 saturated heterocycles. The molecule has 0 spiro atoms. The molecule has 0 aliphatic heterocycles. The number of nitrogens with zero attached hydrogens (tertiary/aromatic N) is 2. The van der Waals surface area contributed by atoms with Crippen molar-refractivity contribution in [3.63, 3.8) is 0 Å². The third-order valence-electron chi connectivity index (χ3n) is 7.40. The van der Waals surface area contributed by atoms with Gasteiger partial charge in [-0.2, -0.15) is 4.79 Å². The first-order valence-corrected chi connectivity index (χ1v) is 11.0. The molecule has 0 saturated carbocycles. The van der Waals surface area contributed by atoms with E-state index in [-0.39, 0.29) is 0 Å². The minimum absolute atomic E-state index is 0.658. The van der Waals surface area contributed by atoms with Gasteiger partial charge in [-0.25, -0.2) is 0 Å². The van der Waals surface area contributed by atoms with Gasteiger partial charge in [-0.1, -0.05) is 60.7 Å². The van der Waals surface area contributed by atoms with E-state index >= 15 is 0 Å². The lowest BCUT2D eigenvalue weighted by molar-refractivity contribution is -0.00605. The third-order valence-corrected chi connectivity index (χ3v) is 7.40. The standard InChI is InChI=1S/C30H16N2/c31-32-26-7-3-6-22-23(26)13-18-9-11-19-14-24-21-5-2-1-4-16(21)12-17-8-10-20-15-25(22)28(18)30(19)29(20)27(17)24/h1-6,8-15H,7H2. The van der Waals surface area contributed by atoms with E-state index in [1.807, 2.05) is 0 Å². The molecule has 32 heavy (non-hydrogen) atoms. The van der Waals surface area contributed by atoms with Gasteiger partial charge in [0.2, 0.25) is 0 Å². The second kappa shape index (κ2) is 5.50. The Labute approximate surface area is 183 Å². The van der Waals surface area contributed by atoms with Crippen LogP contribution in [0, 0.1) is 0 Å². The van der Waals surface area contributed by atoms with Crippen LogP contribution in [0.25, 0.3) is 76.2 Å². The van der Waals surface area contributed by atoms with Crippen molar-refractivity contribution in [3.05, 3.63) is 95.5 Å². The molecule has 2 nitrogen and oxygen atoms in total. The molecule has 7 aromatic rings. The molecule has 0 N–H and O–H groups in total. The molecule has 0 radical (unpaired) electrons. The third kappa shape index (κ3) is 1.83. The van der Waals surface area contributed by atoms with Gasteiger partial charge < -0.3 is 5.53 Å². The number of fused-ring (bicyclic) bond motifs is 4. The van der Waals surface area contributed by atoms with Gasteiger partial charge in [0.15, 0.2) is 0 Å². The highest BCUT2D eigenvalue weighted by molar-refractivity contribution is 6.39. The lowest BCUT2D eigenvalue weighted by Crippen LogP contribution is -2.08. The molecule has 0 amide bonds. The van der Waals surface area contributed by atoms with Gasteiger partial charge in [0.05, 0.1) is 12.0 Å². The van der Waals surface area contributed by atoms with E-state index in [4.69, 9.17) is 0 Å². The van der Waals surface area contributed by atoms with Crippen molar-refractivity contribution in [1.29, 1.82) is 0 Å². The van der Waals surface area contributed by atoms with Crippen LogP contribution >= 0.6 is 0 Å². The Morgan fingerprint density at radius 1 is 0.594 bits per heavy atom. The highest BCUT2D eigenvalue weighted by atomic mass is 14.9. The van der Waals surface area contributed by atoms with Crippen LogP contribution in [0.5, 0.6) is 0 Å². The molecule has 146 valence electrons. The van der Waals surface area contributed by atoms with E-state index < -0.39 is 0 Å². The molecule has 0 heterocycles. The first kappa shape index (κ1) is 16.4. The number of hydrogen-bond acceptors (Lipinski definition) is 0. The second-order valence-corrected chi connectivity index (χ2v) is 8.96. The first-order chi connectivity index (χ1) is 15.8. The van der Waals surface area contributed by atoms with Gasteiger partial charge >= 0.3 is 5.71 Å². The van der Waals surface area contributed by atoms with E-state index in [1.165, 1.54) is 64.6 Å². The maximum Gasteiger partial charge on any atom is 0.303 e. The number of hydrogen-bond donors (Lipinski definition) is 0. The van der Waals surface area contributed by atoms with Crippen molar-refractivity contribution >= 4 is 76.4 Å². The smallest absolute Gasteiger partial charge is 0.303 e. The van der Waals surface area contributed by atoms with Gasteiger partial charge in [0.25, 0.3) is 0 Å². The number of allylic oxidation sites excluding steroid dienone is 1. The normalized spacial score (nSPS) is 13.9. The van der Waals surface area contributed by atoms with Crippen molar-refractivity contribution < 1.29 is 4.79 Å². The minimum atomic E-state index is 0.658. The summed E-state index contributed by atoms with van der Waals surface area (Å²) in [7, 11) is 0. The lowest BCUT2D eigenvalue weighted by atomic mass is 9.82. The predicted molar refractivity (Wildman–Crippen MR) is 135 cm³/mol. The zero-order valence-electron chi connectivity index (χ0n) is 17.2. The fourth-order valence-electron chi connectivity index (χ4n) is 6.08. The molecule has 1 aliphatic rings. The van der Waals surface area contributed by atoms with Crippen LogP contribution in [0.1, 0.15) is 17.5 Å². The summed E-state index contributed by atoms with van der Waals surface area (Å²) in [5.41, 5.74) is 12.5. The molecular formula is C30H16N2. The lowest BCUT2D eigenvalue weighted by Gasteiger charge is -2.20. The van der Waals surface area contributed by atoms with Crippen molar-refractivity contribution in [2.75, 3.05) is 0 Å². The first-order valence-electron chi connectivity index (χ1n) is 11.0. The van der Waals surface area contributed by atoms with Gasteiger partial charge in [0.1, 0.15) is 0 Å². The molecule has 2 heteroatoms. The monoisotopic (exact) mass is 404 g/mol. The van der Waals surface area contributed by atoms with Crippen LogP contribution in [-0.2, 0) is 0 Å². The van der Waals surface area contributed by atoms with Crippen LogP contribution in [0.3, 0.4) is 0 Å². The van der Waals surface area contributed by atoms with E-state index in [9.17, 15) is 5.53 Å². The second-order valence-electron chi connectivity index (χ2n) is 8.96. The quantitative estimate of drug-likeness (QED) is 0.107. The van der Waals surface area contributed by atoms with Crippen LogP contribution in [-0.4, -0.2) is 10.5 Å². The van der Waals surface area contributed by atoms with Crippen molar-refractivity contribution in [1.82, 2.24) is 0 Å². The Morgan fingerprint density at radius 2 is 1.25 bits per heavy atom. The molecule has 0 unspecified atom stereocenters. The largest absolute Gasteiger partial charge is 0.361 e. The minimum Gasteiger partial charge on any atom is -0.361 e. The molecule has 0 fully saturated rings. The Bertz CT molecular complexity index is 2000. The zero-order chi connectivity index (χ0) is 21.0. The predicted octanol–water partition coefficient (Wildman–Crippen LogP) is 7.92. The highest BCUT2D eigenvalue weighted by Crippen LogP contribution is 2.46. The maximum absolute atomic E-state index is 9.60. The van der Waals surface area contributed by atoms with Crippen molar-refractivity contribution in [2.45, 2.75) is 6.42 Å². The van der Waals surface area contributed by atoms with E-state index in [0.717, 1.165) is 16.8 Å². The summed E-state index contributed by atoms with van der Waals surface area (Å²) >= 11 is 0. The Morgan fingerprint density at radius 3 is 2.03 bits per heavy atom. The highest BCUT2D eigenvalue weighted by Gasteiger charge is 2.24. The van der Waals surface area contributed by atoms with Crippen LogP contribution in [0.2, 0.25) is 0 Å². The summed E-state index contributed by atoms with van der Waals surface area (Å²) in [6.45, 7) is 0. The Kier molecular flexibility index (Phi) is 2.83. The van der Waals surface area contributed by atoms with Crippen LogP contribution in [0.15, 0.2) is 78.9 Å². The van der Waals surface area contributed by atoms with E-state index in [1.54, 1.807) is 0 Å². The summed E-state index contributed by atoms with van der Waals surface area (Å²) in [5.74, 6) is 0. The summed E-state index contributed by atoms with van der Waals surface area (Å²) in [4.78, 5) is 3.60. The molecule has 1 aliphatic carbocycles. The Hall–Kier alpha value is -4.26. The van der Waals surface area contributed by atoms with Gasteiger partial charge in [-0.15, -0.1) is 0 Å². The molecular weight excluding hydrogens is 388 g/mol. The SMILES string of the molecule is [N-]=[N+]=C1CC=Cc2c1cc1ccc3cc4c5ccccc5cc5ccc6cc2c1c3c6c54. The van der Waals surface area contributed by atoms with Gasteiger partial charge in [0, 0.05) is 0 Å². The Balaban J connectivity index is 1.71. The summed E-state index contributed by atoms with van der Waals surface area (Å²) in [5, 5.41) is 15.5. The maximum atomic E-state index is 9.60. The van der Waals surface area contributed by atoms with Crippen molar-refractivity contribution in [2.24, 2.45) is 0 Å². The molecule has 7 aromatic carbocycles. The fourth-order valence-corrected chi connectivity index (χ4v) is 6.08. The summed E-state index contributed by atoms with van der Waals surface area (Å²) < 4.78 is 0. The van der Waals surface area contributed by atoms with Gasteiger partial charge in [-0.3, -0.25) is 0 Å². The zero-order valence-corrected chi connectivity index (χ0v) is 17.2. The van der Waals surface area contributed by atoms with E-state index in [0.29, 0.717) is 6.42 Å². The number of rotatable bonds is 0. The van der Waals surface area contributed by atoms with Crippen LogP contribution in [0.4, 0.5) is 0 Å². The fraction of sp³-hybridized carbons (Fsp3) is 0.0333. The molecule has 0 bridgehead atoms. The summed E-state index contributed by atoms with van der Waals surface area (Å²) in [6.07, 6.45) is 4.94. The average Bonchev–Trinajstić information content (AvgIpc) is 2.84. The molecule has 8 rings (SSSR count).